The van der Waals surface area contributed by atoms with Crippen molar-refractivity contribution >= 4 is 21.4 Å². The van der Waals surface area contributed by atoms with Gasteiger partial charge < -0.3 is 5.73 Å². The van der Waals surface area contributed by atoms with Crippen LogP contribution in [0, 0.1) is 16.0 Å². The summed E-state index contributed by atoms with van der Waals surface area (Å²) in [6, 6.07) is 3.39. The van der Waals surface area contributed by atoms with Crippen LogP contribution in [0.3, 0.4) is 0 Å². The molecule has 1 saturated carbocycles. The number of hydrogen-bond acceptors (Lipinski definition) is 5. The topological polar surface area (TPSA) is 115 Å². The van der Waals surface area contributed by atoms with E-state index in [0.29, 0.717) is 5.92 Å². The van der Waals surface area contributed by atoms with Crippen molar-refractivity contribution in [3.8, 4) is 0 Å². The summed E-state index contributed by atoms with van der Waals surface area (Å²) in [5.74, 6) is 0.590. The van der Waals surface area contributed by atoms with Crippen molar-refractivity contribution in [3.63, 3.8) is 0 Å². The molecule has 1 aliphatic carbocycles. The lowest BCUT2D eigenvalue weighted by Crippen LogP contribution is -2.37. The summed E-state index contributed by atoms with van der Waals surface area (Å²) in [6.07, 6.45) is 3.39. The number of nitrogen functional groups attached to an aromatic ring is 1. The molecule has 0 bridgehead atoms. The molecule has 0 unspecified atom stereocenters. The minimum atomic E-state index is -3.95. The molecule has 0 amide bonds. The first-order valence-corrected chi connectivity index (χ1v) is 8.34. The first-order valence-electron chi connectivity index (χ1n) is 6.86. The summed E-state index contributed by atoms with van der Waals surface area (Å²) < 4.78 is 27.3. The molecule has 3 N–H and O–H groups in total. The SMILES string of the molecule is CC1CCC(NS(=O)(=O)c2cc(N)ccc2[N+](=O)[O-])CC1. The molecule has 0 atom stereocenters. The van der Waals surface area contributed by atoms with E-state index in [1.165, 1.54) is 6.07 Å². The molecule has 0 heterocycles. The lowest BCUT2D eigenvalue weighted by atomic mass is 9.88. The minimum Gasteiger partial charge on any atom is -0.399 e. The standard InChI is InChI=1S/C13H19N3O4S/c1-9-2-5-11(6-3-9)15-21(19,20)13-8-10(14)4-7-12(13)16(17)18/h4,7-9,11,15H,2-3,5-6,14H2,1H3. The van der Waals surface area contributed by atoms with E-state index in [1.807, 2.05) is 0 Å². The molecule has 0 aromatic heterocycles. The van der Waals surface area contributed by atoms with Gasteiger partial charge in [-0.2, -0.15) is 0 Å². The van der Waals surface area contributed by atoms with Gasteiger partial charge in [0, 0.05) is 17.8 Å². The smallest absolute Gasteiger partial charge is 0.289 e. The van der Waals surface area contributed by atoms with Crippen molar-refractivity contribution in [1.29, 1.82) is 0 Å². The summed E-state index contributed by atoms with van der Waals surface area (Å²) in [5.41, 5.74) is 5.28. The number of nitrogens with two attached hydrogens (primary N) is 1. The summed E-state index contributed by atoms with van der Waals surface area (Å²) in [5, 5.41) is 11.0. The van der Waals surface area contributed by atoms with Gasteiger partial charge in [0.25, 0.3) is 5.69 Å². The zero-order chi connectivity index (χ0) is 15.6. The molecular weight excluding hydrogens is 294 g/mol. The van der Waals surface area contributed by atoms with Crippen LogP contribution >= 0.6 is 0 Å². The predicted molar refractivity (Wildman–Crippen MR) is 79.3 cm³/mol. The number of nitrogens with one attached hydrogen (secondary N) is 1. The molecule has 2 rings (SSSR count). The van der Waals surface area contributed by atoms with Crippen LogP contribution in [0.2, 0.25) is 0 Å². The maximum atomic E-state index is 12.4. The van der Waals surface area contributed by atoms with Gasteiger partial charge in [0.2, 0.25) is 10.0 Å². The summed E-state index contributed by atoms with van der Waals surface area (Å²) in [6.45, 7) is 2.13. The van der Waals surface area contributed by atoms with Crippen LogP contribution in [0.25, 0.3) is 0 Å². The van der Waals surface area contributed by atoms with Crippen LogP contribution in [0.4, 0.5) is 11.4 Å². The molecule has 116 valence electrons. The number of benzene rings is 1. The van der Waals surface area contributed by atoms with Crippen molar-refractivity contribution in [2.45, 2.75) is 43.5 Å². The van der Waals surface area contributed by atoms with Crippen molar-refractivity contribution < 1.29 is 13.3 Å². The van der Waals surface area contributed by atoms with Gasteiger partial charge in [-0.1, -0.05) is 6.92 Å². The highest BCUT2D eigenvalue weighted by molar-refractivity contribution is 7.89. The van der Waals surface area contributed by atoms with Gasteiger partial charge in [-0.3, -0.25) is 10.1 Å². The van der Waals surface area contributed by atoms with Gasteiger partial charge in [-0.25, -0.2) is 13.1 Å². The Hall–Kier alpha value is -1.67. The summed E-state index contributed by atoms with van der Waals surface area (Å²) in [4.78, 5) is 9.91. The van der Waals surface area contributed by atoms with E-state index in [9.17, 15) is 18.5 Å². The van der Waals surface area contributed by atoms with Gasteiger partial charge >= 0.3 is 0 Å². The number of nitro groups is 1. The van der Waals surface area contributed by atoms with Gasteiger partial charge in [0.1, 0.15) is 0 Å². The van der Waals surface area contributed by atoms with Crippen LogP contribution in [-0.2, 0) is 10.0 Å². The lowest BCUT2D eigenvalue weighted by molar-refractivity contribution is -0.387. The number of rotatable bonds is 4. The average molecular weight is 313 g/mol. The summed E-state index contributed by atoms with van der Waals surface area (Å²) >= 11 is 0. The number of hydrogen-bond donors (Lipinski definition) is 2. The van der Waals surface area contributed by atoms with Gasteiger partial charge in [-0.05, 0) is 43.7 Å². The van der Waals surface area contributed by atoms with Crippen molar-refractivity contribution in [2.24, 2.45) is 5.92 Å². The van der Waals surface area contributed by atoms with E-state index >= 15 is 0 Å². The molecule has 0 spiro atoms. The minimum absolute atomic E-state index is 0.174. The van der Waals surface area contributed by atoms with E-state index in [4.69, 9.17) is 5.73 Å². The van der Waals surface area contributed by atoms with Crippen LogP contribution < -0.4 is 10.5 Å². The van der Waals surface area contributed by atoms with Crippen LogP contribution in [0.1, 0.15) is 32.6 Å². The van der Waals surface area contributed by atoms with Crippen molar-refractivity contribution in [3.05, 3.63) is 28.3 Å². The lowest BCUT2D eigenvalue weighted by Gasteiger charge is -2.26. The number of nitro benzene ring substituents is 1. The maximum Gasteiger partial charge on any atom is 0.289 e. The zero-order valence-corrected chi connectivity index (χ0v) is 12.6. The second kappa shape index (κ2) is 5.98. The van der Waals surface area contributed by atoms with E-state index < -0.39 is 20.6 Å². The third kappa shape index (κ3) is 3.70. The van der Waals surface area contributed by atoms with Gasteiger partial charge in [0.05, 0.1) is 4.92 Å². The molecule has 8 heteroatoms. The molecule has 0 saturated heterocycles. The molecule has 0 radical (unpaired) electrons. The van der Waals surface area contributed by atoms with Crippen LogP contribution in [-0.4, -0.2) is 19.4 Å². The second-order valence-electron chi connectivity index (χ2n) is 5.56. The fraction of sp³-hybridized carbons (Fsp3) is 0.538. The number of nitrogens with zero attached hydrogens (tertiary/aromatic N) is 1. The second-order valence-corrected chi connectivity index (χ2v) is 7.24. The maximum absolute atomic E-state index is 12.4. The molecular formula is C13H19N3O4S. The monoisotopic (exact) mass is 313 g/mol. The fourth-order valence-corrected chi connectivity index (χ4v) is 4.07. The molecule has 1 aromatic rings. The molecule has 1 fully saturated rings. The Morgan fingerprint density at radius 1 is 1.29 bits per heavy atom. The Bertz CT molecular complexity index is 637. The zero-order valence-electron chi connectivity index (χ0n) is 11.8. The molecule has 21 heavy (non-hydrogen) atoms. The highest BCUT2D eigenvalue weighted by Gasteiger charge is 2.29. The quantitative estimate of drug-likeness (QED) is 0.501. The number of anilines is 1. The average Bonchev–Trinajstić information content (AvgIpc) is 2.41. The molecule has 7 nitrogen and oxygen atoms in total. The van der Waals surface area contributed by atoms with E-state index in [2.05, 4.69) is 11.6 Å². The largest absolute Gasteiger partial charge is 0.399 e. The Morgan fingerprint density at radius 2 is 1.90 bits per heavy atom. The Balaban J connectivity index is 2.27. The van der Waals surface area contributed by atoms with Gasteiger partial charge in [0.15, 0.2) is 4.90 Å². The first kappa shape index (κ1) is 15.7. The molecule has 1 aromatic carbocycles. The summed E-state index contributed by atoms with van der Waals surface area (Å²) in [7, 11) is -3.95. The normalized spacial score (nSPS) is 22.9. The van der Waals surface area contributed by atoms with Gasteiger partial charge in [-0.15, -0.1) is 0 Å². The third-order valence-corrected chi connectivity index (χ3v) is 5.36. The first-order chi connectivity index (χ1) is 9.79. The van der Waals surface area contributed by atoms with E-state index in [0.717, 1.165) is 37.8 Å². The van der Waals surface area contributed by atoms with E-state index in [1.54, 1.807) is 0 Å². The molecule has 0 aliphatic heterocycles. The van der Waals surface area contributed by atoms with E-state index in [-0.39, 0.29) is 16.6 Å². The number of sulfonamides is 1. The highest BCUT2D eigenvalue weighted by Crippen LogP contribution is 2.28. The van der Waals surface area contributed by atoms with Crippen molar-refractivity contribution in [2.75, 3.05) is 5.73 Å². The molecule has 1 aliphatic rings. The Kier molecular flexibility index (Phi) is 4.48. The van der Waals surface area contributed by atoms with Crippen molar-refractivity contribution in [1.82, 2.24) is 4.72 Å². The fourth-order valence-electron chi connectivity index (χ4n) is 2.56. The predicted octanol–water partition coefficient (Wildman–Crippen LogP) is 2.03. The third-order valence-electron chi connectivity index (χ3n) is 3.81. The van der Waals surface area contributed by atoms with Crippen LogP contribution in [0.5, 0.6) is 0 Å². The Morgan fingerprint density at radius 3 is 2.48 bits per heavy atom. The highest BCUT2D eigenvalue weighted by atomic mass is 32.2. The van der Waals surface area contributed by atoms with Crippen LogP contribution in [0.15, 0.2) is 23.1 Å². The Labute approximate surface area is 123 Å².